The molecule has 0 bridgehead atoms. The molecule has 7 heteroatoms. The quantitative estimate of drug-likeness (QED) is 0.409. The highest BCUT2D eigenvalue weighted by Crippen LogP contribution is 2.37. The molecule has 1 aromatic heterocycles. The Bertz CT molecular complexity index is 801. The summed E-state index contributed by atoms with van der Waals surface area (Å²) in [6.45, 7) is 17.8. The smallest absolute Gasteiger partial charge is 0.270 e. The molecule has 2 rings (SSSR count). The number of benzene rings is 1. The summed E-state index contributed by atoms with van der Waals surface area (Å²) >= 11 is 0. The number of hydrogen-bond donors (Lipinski definition) is 1. The molecule has 1 unspecified atom stereocenters. The predicted octanol–water partition coefficient (Wildman–Crippen LogP) is 5.37. The van der Waals surface area contributed by atoms with Crippen LogP contribution in [0.1, 0.15) is 38.9 Å². The first-order valence-corrected chi connectivity index (χ1v) is 15.0. The van der Waals surface area contributed by atoms with Crippen LogP contribution in [0.15, 0.2) is 18.2 Å². The van der Waals surface area contributed by atoms with Gasteiger partial charge in [0.25, 0.3) is 5.69 Å². The number of nitrogens with one attached hydrogen (secondary N) is 1. The zero-order chi connectivity index (χ0) is 19.9. The second-order valence-corrected chi connectivity index (χ2v) is 16.5. The molecule has 1 aromatic carbocycles. The zero-order valence-electron chi connectivity index (χ0n) is 17.2. The summed E-state index contributed by atoms with van der Waals surface area (Å²) in [4.78, 5) is 14.6. The molecule has 1 atom stereocenters. The van der Waals surface area contributed by atoms with Gasteiger partial charge in [-0.3, -0.25) is 10.1 Å². The average Bonchev–Trinajstić information content (AvgIpc) is 2.82. The topological polar surface area (TPSA) is 68.2 Å². The van der Waals surface area contributed by atoms with Gasteiger partial charge < -0.3 is 9.41 Å². The molecule has 2 aromatic rings. The molecule has 0 saturated heterocycles. The molecule has 0 saturated carbocycles. The second kappa shape index (κ2) is 7.29. The molecule has 0 amide bonds. The van der Waals surface area contributed by atoms with E-state index in [1.54, 1.807) is 12.1 Å². The lowest BCUT2D eigenvalue weighted by Gasteiger charge is -2.30. The summed E-state index contributed by atoms with van der Waals surface area (Å²) in [5.41, 5.74) is 2.34. The van der Waals surface area contributed by atoms with E-state index in [0.29, 0.717) is 0 Å². The number of nitrogens with zero attached hydrogens (tertiary/aromatic N) is 1. The van der Waals surface area contributed by atoms with Crippen molar-refractivity contribution < 1.29 is 9.35 Å². The van der Waals surface area contributed by atoms with E-state index in [1.807, 2.05) is 6.07 Å². The third kappa shape index (κ3) is 4.83. The summed E-state index contributed by atoms with van der Waals surface area (Å²) in [6, 6.07) is 5.12. The summed E-state index contributed by atoms with van der Waals surface area (Å²) in [6.07, 6.45) is 0.840. The van der Waals surface area contributed by atoms with Crippen LogP contribution in [-0.4, -0.2) is 27.0 Å². The van der Waals surface area contributed by atoms with Crippen LogP contribution in [0.2, 0.25) is 32.7 Å². The predicted molar refractivity (Wildman–Crippen MR) is 113 cm³/mol. The Morgan fingerprint density at radius 3 is 2.35 bits per heavy atom. The van der Waals surface area contributed by atoms with Crippen LogP contribution in [0.5, 0.6) is 0 Å². The zero-order valence-corrected chi connectivity index (χ0v) is 19.2. The second-order valence-electron chi connectivity index (χ2n) is 9.43. The Balaban J connectivity index is 2.76. The van der Waals surface area contributed by atoms with Crippen molar-refractivity contribution in [2.24, 2.45) is 5.41 Å². The number of non-ortho nitro benzene ring substituents is 1. The number of H-pyrrole nitrogens is 1. The minimum atomic E-state index is -1.69. The highest BCUT2D eigenvalue weighted by atomic mass is 28.3. The highest BCUT2D eigenvalue weighted by molar-refractivity contribution is 6.88. The molecule has 0 fully saturated rings. The Labute approximate surface area is 159 Å². The van der Waals surface area contributed by atoms with Gasteiger partial charge in [-0.05, 0) is 31.0 Å². The van der Waals surface area contributed by atoms with Crippen molar-refractivity contribution in [3.05, 3.63) is 33.9 Å². The number of rotatable bonds is 6. The maximum absolute atomic E-state index is 11.3. The summed E-state index contributed by atoms with van der Waals surface area (Å²) < 4.78 is 6.45. The number of fused-ring (bicyclic) bond motifs is 1. The van der Waals surface area contributed by atoms with Crippen molar-refractivity contribution >= 4 is 39.0 Å². The van der Waals surface area contributed by atoms with Crippen LogP contribution >= 0.6 is 0 Å². The number of hydrogen-bond acceptors (Lipinski definition) is 3. The fourth-order valence-corrected chi connectivity index (χ4v) is 5.67. The maximum atomic E-state index is 11.3. The van der Waals surface area contributed by atoms with Crippen LogP contribution < -0.4 is 5.32 Å². The number of nitro benzene ring substituents is 1. The Kier molecular flexibility index (Phi) is 5.85. The normalized spacial score (nSPS) is 14.2. The lowest BCUT2D eigenvalue weighted by molar-refractivity contribution is -0.384. The van der Waals surface area contributed by atoms with E-state index < -0.39 is 17.1 Å². The standard InChI is InChI=1S/C19H31N2O3Si2/c1-19(2,3)12-16(24-25(4)5)17-14-11-13(21(22)23)9-10-15(14)20-18(17)26(6,7)8/h9-11,16,20H,12H2,1-8H3. The van der Waals surface area contributed by atoms with Crippen molar-refractivity contribution in [2.75, 3.05) is 0 Å². The Hall–Kier alpha value is -1.45. The first-order chi connectivity index (χ1) is 11.8. The largest absolute Gasteiger partial charge is 0.410 e. The highest BCUT2D eigenvalue weighted by Gasteiger charge is 2.32. The number of aromatic nitrogens is 1. The van der Waals surface area contributed by atoms with E-state index >= 15 is 0 Å². The van der Waals surface area contributed by atoms with Gasteiger partial charge in [0.05, 0.1) is 19.1 Å². The van der Waals surface area contributed by atoms with Crippen LogP contribution in [0.4, 0.5) is 5.69 Å². The van der Waals surface area contributed by atoms with E-state index in [9.17, 15) is 10.1 Å². The monoisotopic (exact) mass is 391 g/mol. The number of aromatic amines is 1. The van der Waals surface area contributed by atoms with Gasteiger partial charge in [0.15, 0.2) is 0 Å². The summed E-state index contributed by atoms with van der Waals surface area (Å²) in [7, 11) is -2.61. The van der Waals surface area contributed by atoms with Crippen molar-refractivity contribution in [3.63, 3.8) is 0 Å². The van der Waals surface area contributed by atoms with Gasteiger partial charge in [-0.25, -0.2) is 0 Å². The minimum Gasteiger partial charge on any atom is -0.410 e. The molecule has 0 aliphatic rings. The Morgan fingerprint density at radius 2 is 1.88 bits per heavy atom. The fourth-order valence-electron chi connectivity index (χ4n) is 3.28. The van der Waals surface area contributed by atoms with Crippen LogP contribution in [0.3, 0.4) is 0 Å². The lowest BCUT2D eigenvalue weighted by atomic mass is 9.87. The first-order valence-electron chi connectivity index (χ1n) is 9.07. The summed E-state index contributed by atoms with van der Waals surface area (Å²) in [5.74, 6) is 0. The van der Waals surface area contributed by atoms with Gasteiger partial charge in [0.1, 0.15) is 0 Å². The van der Waals surface area contributed by atoms with Crippen molar-refractivity contribution in [1.82, 2.24) is 4.98 Å². The van der Waals surface area contributed by atoms with Gasteiger partial charge in [-0.15, -0.1) is 0 Å². The average molecular weight is 392 g/mol. The van der Waals surface area contributed by atoms with Gasteiger partial charge in [-0.1, -0.05) is 40.4 Å². The first kappa shape index (κ1) is 20.9. The van der Waals surface area contributed by atoms with Gasteiger partial charge in [0.2, 0.25) is 9.04 Å². The van der Waals surface area contributed by atoms with Crippen LogP contribution in [0.25, 0.3) is 10.9 Å². The molecule has 1 N–H and O–H groups in total. The fraction of sp³-hybridized carbons (Fsp3) is 0.579. The molecule has 26 heavy (non-hydrogen) atoms. The van der Waals surface area contributed by atoms with Gasteiger partial charge in [-0.2, -0.15) is 0 Å². The summed E-state index contributed by atoms with van der Waals surface area (Å²) in [5, 5.41) is 13.5. The van der Waals surface area contributed by atoms with E-state index in [0.717, 1.165) is 22.9 Å². The van der Waals surface area contributed by atoms with Crippen LogP contribution in [-0.2, 0) is 4.43 Å². The van der Waals surface area contributed by atoms with Gasteiger partial charge >= 0.3 is 0 Å². The molecular weight excluding hydrogens is 360 g/mol. The van der Waals surface area contributed by atoms with Crippen molar-refractivity contribution in [1.29, 1.82) is 0 Å². The van der Waals surface area contributed by atoms with E-state index in [1.165, 1.54) is 5.32 Å². The van der Waals surface area contributed by atoms with E-state index in [-0.39, 0.29) is 22.1 Å². The minimum absolute atomic E-state index is 0.0450. The Morgan fingerprint density at radius 1 is 1.27 bits per heavy atom. The SMILES string of the molecule is C[Si](C)OC(CC(C)(C)C)c1c([Si](C)(C)C)[nH]c2ccc([N+](=O)[O-])cc12. The number of nitro groups is 1. The maximum Gasteiger partial charge on any atom is 0.270 e. The molecule has 1 heterocycles. The van der Waals surface area contributed by atoms with Crippen molar-refractivity contribution in [3.8, 4) is 0 Å². The third-order valence-corrected chi connectivity index (χ3v) is 6.93. The van der Waals surface area contributed by atoms with Crippen LogP contribution in [0, 0.1) is 15.5 Å². The molecular formula is C19H31N2O3Si2. The molecule has 1 radical (unpaired) electrons. The lowest BCUT2D eigenvalue weighted by Crippen LogP contribution is -2.42. The van der Waals surface area contributed by atoms with E-state index in [4.69, 9.17) is 4.43 Å². The molecule has 143 valence electrons. The van der Waals surface area contributed by atoms with Crippen molar-refractivity contribution in [2.45, 2.75) is 66.0 Å². The molecule has 0 aliphatic carbocycles. The molecule has 0 spiro atoms. The third-order valence-electron chi connectivity index (χ3n) is 4.28. The van der Waals surface area contributed by atoms with Gasteiger partial charge in [0, 0.05) is 33.9 Å². The molecule has 0 aliphatic heterocycles. The van der Waals surface area contributed by atoms with E-state index in [2.05, 4.69) is 58.5 Å². The molecule has 5 nitrogen and oxygen atoms in total.